The Kier molecular flexibility index (Phi) is 5.48. The van der Waals surface area contributed by atoms with Crippen molar-refractivity contribution in [3.63, 3.8) is 0 Å². The van der Waals surface area contributed by atoms with Crippen LogP contribution in [0.2, 0.25) is 5.02 Å². The molecule has 3 heterocycles. The number of hydrogen-bond donors (Lipinski definition) is 1. The summed E-state index contributed by atoms with van der Waals surface area (Å²) in [5, 5.41) is 8.98. The van der Waals surface area contributed by atoms with Gasteiger partial charge in [0.2, 0.25) is 12.6 Å². The van der Waals surface area contributed by atoms with Crippen molar-refractivity contribution in [1.82, 2.24) is 20.4 Å². The number of aromatic nitrogens is 2. The molecule has 0 saturated heterocycles. The van der Waals surface area contributed by atoms with Gasteiger partial charge in [0.05, 0.1) is 11.6 Å². The summed E-state index contributed by atoms with van der Waals surface area (Å²) in [4.78, 5) is 6.79. The number of nitrogens with one attached hydrogen (secondary N) is 1. The Labute approximate surface area is 196 Å². The van der Waals surface area contributed by atoms with Crippen LogP contribution in [0.4, 0.5) is 0 Å². The number of ether oxygens (including phenoxy) is 2. The van der Waals surface area contributed by atoms with Gasteiger partial charge in [-0.25, -0.2) is 0 Å². The largest absolute Gasteiger partial charge is 0.454 e. The van der Waals surface area contributed by atoms with Gasteiger partial charge in [0.1, 0.15) is 0 Å². The normalized spacial score (nSPS) is 17.7. The number of halogens is 1. The minimum Gasteiger partial charge on any atom is -0.454 e. The van der Waals surface area contributed by atoms with E-state index in [0.717, 1.165) is 35.4 Å². The minimum atomic E-state index is -0.264. The Bertz CT molecular complexity index is 1230. The van der Waals surface area contributed by atoms with Crippen molar-refractivity contribution in [2.75, 3.05) is 13.3 Å². The summed E-state index contributed by atoms with van der Waals surface area (Å²) in [5.41, 5.74) is 3.59. The second kappa shape index (κ2) is 8.44. The zero-order valence-electron chi connectivity index (χ0n) is 17.6. The van der Waals surface area contributed by atoms with Gasteiger partial charge in [-0.1, -0.05) is 35.8 Å². The highest BCUT2D eigenvalue weighted by molar-refractivity contribution is 7.80. The van der Waals surface area contributed by atoms with Crippen molar-refractivity contribution in [2.45, 2.75) is 26.3 Å². The van der Waals surface area contributed by atoms with Crippen LogP contribution in [0.5, 0.6) is 11.5 Å². The molecule has 32 heavy (non-hydrogen) atoms. The van der Waals surface area contributed by atoms with Crippen molar-refractivity contribution < 1.29 is 14.0 Å². The van der Waals surface area contributed by atoms with E-state index in [1.807, 2.05) is 49.4 Å². The lowest BCUT2D eigenvalue weighted by Gasteiger charge is -2.37. The van der Waals surface area contributed by atoms with Gasteiger partial charge in [-0.2, -0.15) is 4.98 Å². The first-order chi connectivity index (χ1) is 15.5. The van der Waals surface area contributed by atoms with E-state index in [1.165, 1.54) is 0 Å². The lowest BCUT2D eigenvalue weighted by atomic mass is 9.95. The molecule has 2 aromatic carbocycles. The van der Waals surface area contributed by atoms with Crippen LogP contribution in [-0.4, -0.2) is 33.5 Å². The maximum Gasteiger partial charge on any atom is 0.258 e. The highest BCUT2D eigenvalue weighted by Crippen LogP contribution is 2.39. The fraction of sp³-hybridized carbons (Fsp3) is 0.261. The van der Waals surface area contributed by atoms with Crippen molar-refractivity contribution in [1.29, 1.82) is 0 Å². The van der Waals surface area contributed by atoms with Gasteiger partial charge in [-0.3, -0.25) is 0 Å². The number of allylic oxidation sites excluding steroid dienone is 1. The fourth-order valence-corrected chi connectivity index (χ4v) is 4.52. The Balaban J connectivity index is 1.58. The van der Waals surface area contributed by atoms with Crippen LogP contribution in [0.1, 0.15) is 37.8 Å². The summed E-state index contributed by atoms with van der Waals surface area (Å²) in [6.45, 7) is 5.14. The SMILES string of the molecule is CCCN1C(=S)NC(c2cccc(Cl)c2)C(c2nc(-c3ccc4c(c3)OCO4)no2)=C1C. The fourth-order valence-electron chi connectivity index (χ4n) is 3.97. The van der Waals surface area contributed by atoms with Crippen molar-refractivity contribution in [3.8, 4) is 22.9 Å². The Morgan fingerprint density at radius 2 is 2.03 bits per heavy atom. The number of fused-ring (bicyclic) bond motifs is 1. The van der Waals surface area contributed by atoms with Gasteiger partial charge in [0.15, 0.2) is 16.6 Å². The van der Waals surface area contributed by atoms with E-state index in [9.17, 15) is 0 Å². The number of benzene rings is 2. The van der Waals surface area contributed by atoms with Crippen LogP contribution in [0.15, 0.2) is 52.7 Å². The molecule has 1 N–H and O–H groups in total. The van der Waals surface area contributed by atoms with Crippen LogP contribution in [0, 0.1) is 0 Å². The summed E-state index contributed by atoms with van der Waals surface area (Å²) in [7, 11) is 0. The first-order valence-electron chi connectivity index (χ1n) is 10.3. The topological polar surface area (TPSA) is 72.7 Å². The molecule has 1 unspecified atom stereocenters. The quantitative estimate of drug-likeness (QED) is 0.513. The van der Waals surface area contributed by atoms with E-state index in [1.54, 1.807) is 0 Å². The molecule has 0 fully saturated rings. The molecule has 3 aromatic rings. The number of rotatable bonds is 5. The molecule has 5 rings (SSSR count). The van der Waals surface area contributed by atoms with E-state index in [0.29, 0.717) is 33.3 Å². The third-order valence-corrected chi connectivity index (χ3v) is 6.09. The molecule has 0 bridgehead atoms. The maximum atomic E-state index is 6.28. The second-order valence-electron chi connectivity index (χ2n) is 7.58. The smallest absolute Gasteiger partial charge is 0.258 e. The average molecular weight is 469 g/mol. The van der Waals surface area contributed by atoms with Crippen molar-refractivity contribution >= 4 is 34.5 Å². The molecule has 0 spiro atoms. The molecule has 0 saturated carbocycles. The summed E-state index contributed by atoms with van der Waals surface area (Å²) in [6, 6.07) is 13.0. The Morgan fingerprint density at radius 1 is 1.19 bits per heavy atom. The van der Waals surface area contributed by atoms with E-state index in [2.05, 4.69) is 22.3 Å². The molecular formula is C23H21ClN4O3S. The van der Waals surface area contributed by atoms with Gasteiger partial charge in [-0.15, -0.1) is 0 Å². The maximum absolute atomic E-state index is 6.28. The lowest BCUT2D eigenvalue weighted by molar-refractivity contribution is 0.174. The Hall–Kier alpha value is -3.10. The summed E-state index contributed by atoms with van der Waals surface area (Å²) < 4.78 is 16.6. The van der Waals surface area contributed by atoms with E-state index in [4.69, 9.17) is 42.8 Å². The second-order valence-corrected chi connectivity index (χ2v) is 8.40. The van der Waals surface area contributed by atoms with Gasteiger partial charge < -0.3 is 24.2 Å². The Morgan fingerprint density at radius 3 is 2.84 bits per heavy atom. The predicted octanol–water partition coefficient (Wildman–Crippen LogP) is 5.19. The van der Waals surface area contributed by atoms with Crippen molar-refractivity contribution in [3.05, 3.63) is 64.6 Å². The minimum absolute atomic E-state index is 0.211. The number of nitrogens with zero attached hydrogens (tertiary/aromatic N) is 3. The van der Waals surface area contributed by atoms with Crippen LogP contribution in [-0.2, 0) is 0 Å². The monoisotopic (exact) mass is 468 g/mol. The summed E-state index contributed by atoms with van der Waals surface area (Å²) in [6.07, 6.45) is 0.945. The summed E-state index contributed by atoms with van der Waals surface area (Å²) in [5.74, 6) is 2.27. The van der Waals surface area contributed by atoms with Gasteiger partial charge in [0, 0.05) is 22.8 Å². The first kappa shape index (κ1) is 20.8. The van der Waals surface area contributed by atoms with E-state index >= 15 is 0 Å². The molecule has 1 aromatic heterocycles. The molecule has 0 radical (unpaired) electrons. The highest BCUT2D eigenvalue weighted by Gasteiger charge is 2.34. The van der Waals surface area contributed by atoms with Gasteiger partial charge in [0.25, 0.3) is 5.89 Å². The average Bonchev–Trinajstić information content (AvgIpc) is 3.45. The third-order valence-electron chi connectivity index (χ3n) is 5.51. The number of thiocarbonyl (C=S) groups is 1. The van der Waals surface area contributed by atoms with Gasteiger partial charge in [-0.05, 0) is 61.5 Å². The molecule has 7 nitrogen and oxygen atoms in total. The highest BCUT2D eigenvalue weighted by atomic mass is 35.5. The zero-order chi connectivity index (χ0) is 22.2. The zero-order valence-corrected chi connectivity index (χ0v) is 19.2. The molecule has 0 aliphatic carbocycles. The van der Waals surface area contributed by atoms with Crippen LogP contribution < -0.4 is 14.8 Å². The van der Waals surface area contributed by atoms with Crippen molar-refractivity contribution in [2.24, 2.45) is 0 Å². The molecule has 9 heteroatoms. The first-order valence-corrected chi connectivity index (χ1v) is 11.1. The third kappa shape index (κ3) is 3.69. The standard InChI is InChI=1S/C23H21ClN4O3S/c1-3-9-28-13(2)19(20(25-23(28)32)14-5-4-6-16(24)10-14)22-26-21(27-31-22)15-7-8-17-18(11-15)30-12-29-17/h4-8,10-11,20H,3,9,12H2,1-2H3,(H,25,32). The molecule has 1 atom stereocenters. The van der Waals surface area contributed by atoms with E-state index in [-0.39, 0.29) is 12.8 Å². The van der Waals surface area contributed by atoms with Gasteiger partial charge >= 0.3 is 0 Å². The van der Waals surface area contributed by atoms with E-state index < -0.39 is 0 Å². The molecular weight excluding hydrogens is 448 g/mol. The van der Waals surface area contributed by atoms with Crippen LogP contribution in [0.3, 0.4) is 0 Å². The lowest BCUT2D eigenvalue weighted by Crippen LogP contribution is -2.46. The van der Waals surface area contributed by atoms with Crippen LogP contribution in [0.25, 0.3) is 17.0 Å². The molecule has 2 aliphatic heterocycles. The predicted molar refractivity (Wildman–Crippen MR) is 125 cm³/mol. The molecule has 2 aliphatic rings. The van der Waals surface area contributed by atoms with Crippen LogP contribution >= 0.6 is 23.8 Å². The summed E-state index contributed by atoms with van der Waals surface area (Å²) >= 11 is 11.9. The molecule has 0 amide bonds. The molecule has 164 valence electrons. The number of hydrogen-bond acceptors (Lipinski definition) is 6.